The quantitative estimate of drug-likeness (QED) is 0.703. The number of rotatable bonds is 3. The van der Waals surface area contributed by atoms with Crippen molar-refractivity contribution < 1.29 is 41.0 Å². The fraction of sp³-hybridized carbons (Fsp3) is 0.550. The molecule has 2 aromatic rings. The number of nitrogens with one attached hydrogen (secondary N) is 1. The lowest BCUT2D eigenvalue weighted by molar-refractivity contribution is -0.186. The van der Waals surface area contributed by atoms with E-state index in [-0.39, 0.29) is 55.0 Å². The lowest BCUT2D eigenvalue weighted by Crippen LogP contribution is -2.52. The molecule has 11 heteroatoms. The molecule has 2 N–H and O–H groups in total. The Bertz CT molecular complexity index is 1000. The highest BCUT2D eigenvalue weighted by atomic mass is 19.4. The fourth-order valence-corrected chi connectivity index (χ4v) is 3.99. The van der Waals surface area contributed by atoms with E-state index >= 15 is 8.78 Å². The number of hydrogen-bond acceptors (Lipinski definition) is 5. The van der Waals surface area contributed by atoms with Crippen molar-refractivity contribution in [1.82, 2.24) is 5.32 Å². The van der Waals surface area contributed by atoms with Crippen molar-refractivity contribution in [3.05, 3.63) is 29.5 Å². The van der Waals surface area contributed by atoms with Crippen molar-refractivity contribution in [2.75, 3.05) is 31.1 Å². The van der Waals surface area contributed by atoms with Gasteiger partial charge in [-0.25, -0.2) is 8.78 Å². The maximum Gasteiger partial charge on any atom is 0.416 e. The highest BCUT2D eigenvalue weighted by molar-refractivity contribution is 6.07. The van der Waals surface area contributed by atoms with Gasteiger partial charge in [0.05, 0.1) is 23.4 Å². The SMILES string of the molecule is C[C@@]1(O)CCO[C@H](C(F)(F)CN2CCNC(=O)c3oc4ccc(C(F)(F)F)cc4c32)C1. The summed E-state index contributed by atoms with van der Waals surface area (Å²) in [6.07, 6.45) is -6.29. The number of anilines is 1. The lowest BCUT2D eigenvalue weighted by Gasteiger charge is -2.39. The molecule has 4 rings (SSSR count). The van der Waals surface area contributed by atoms with Crippen LogP contribution in [0.5, 0.6) is 0 Å². The Morgan fingerprint density at radius 3 is 2.71 bits per heavy atom. The summed E-state index contributed by atoms with van der Waals surface area (Å²) in [6.45, 7) is 0.432. The number of furan rings is 1. The number of halogens is 5. The zero-order chi connectivity index (χ0) is 22.6. The Kier molecular flexibility index (Phi) is 5.16. The summed E-state index contributed by atoms with van der Waals surface area (Å²) in [4.78, 5) is 13.5. The first kappa shape index (κ1) is 21.8. The van der Waals surface area contributed by atoms with Crippen molar-refractivity contribution in [2.45, 2.75) is 43.6 Å². The molecule has 1 fully saturated rings. The molecule has 3 heterocycles. The first-order valence-corrected chi connectivity index (χ1v) is 9.76. The minimum absolute atomic E-state index is 0.00279. The van der Waals surface area contributed by atoms with Crippen molar-refractivity contribution in [3.8, 4) is 0 Å². The summed E-state index contributed by atoms with van der Waals surface area (Å²) in [5.74, 6) is -4.46. The van der Waals surface area contributed by atoms with Gasteiger partial charge in [-0.3, -0.25) is 4.79 Å². The molecule has 1 saturated heterocycles. The van der Waals surface area contributed by atoms with E-state index in [4.69, 9.17) is 9.15 Å². The molecule has 170 valence electrons. The number of fused-ring (bicyclic) bond motifs is 3. The molecule has 2 atom stereocenters. The van der Waals surface area contributed by atoms with E-state index in [1.165, 1.54) is 6.92 Å². The second-order valence-corrected chi connectivity index (χ2v) is 8.24. The van der Waals surface area contributed by atoms with Crippen molar-refractivity contribution >= 4 is 22.6 Å². The van der Waals surface area contributed by atoms with Crippen LogP contribution in [0.1, 0.15) is 35.9 Å². The number of carbonyl (C=O) groups is 1. The number of aliphatic hydroxyl groups is 1. The smallest absolute Gasteiger partial charge is 0.416 e. The molecular formula is C20H21F5N2O4. The average Bonchev–Trinajstić information content (AvgIpc) is 2.97. The summed E-state index contributed by atoms with van der Waals surface area (Å²) in [6, 6.07) is 2.67. The van der Waals surface area contributed by atoms with E-state index in [2.05, 4.69) is 5.32 Å². The van der Waals surface area contributed by atoms with Crippen molar-refractivity contribution in [3.63, 3.8) is 0 Å². The number of nitrogens with zero attached hydrogens (tertiary/aromatic N) is 1. The van der Waals surface area contributed by atoms with Crippen LogP contribution >= 0.6 is 0 Å². The van der Waals surface area contributed by atoms with Crippen molar-refractivity contribution in [1.29, 1.82) is 0 Å². The number of ether oxygens (including phenoxy) is 1. The molecule has 1 aromatic carbocycles. The maximum atomic E-state index is 15.1. The molecular weight excluding hydrogens is 427 g/mol. The van der Waals surface area contributed by atoms with E-state index in [9.17, 15) is 23.1 Å². The maximum absolute atomic E-state index is 15.1. The zero-order valence-electron chi connectivity index (χ0n) is 16.6. The summed E-state index contributed by atoms with van der Waals surface area (Å²) < 4.78 is 80.6. The van der Waals surface area contributed by atoms with Gasteiger partial charge in [0.25, 0.3) is 11.8 Å². The Morgan fingerprint density at radius 2 is 2.03 bits per heavy atom. The van der Waals surface area contributed by atoms with Gasteiger partial charge in [-0.05, 0) is 31.5 Å². The van der Waals surface area contributed by atoms with E-state index in [1.807, 2.05) is 0 Å². The molecule has 1 amide bonds. The zero-order valence-corrected chi connectivity index (χ0v) is 16.6. The molecule has 31 heavy (non-hydrogen) atoms. The van der Waals surface area contributed by atoms with Crippen molar-refractivity contribution in [2.24, 2.45) is 0 Å². The molecule has 0 bridgehead atoms. The van der Waals surface area contributed by atoms with Crippen LogP contribution in [-0.2, 0) is 10.9 Å². The first-order chi connectivity index (χ1) is 14.4. The van der Waals surface area contributed by atoms with Gasteiger partial charge in [0.15, 0.2) is 0 Å². The van der Waals surface area contributed by atoms with Gasteiger partial charge in [0.2, 0.25) is 5.76 Å². The predicted octanol–water partition coefficient (Wildman–Crippen LogP) is 3.57. The second-order valence-electron chi connectivity index (χ2n) is 8.24. The molecule has 1 aromatic heterocycles. The third-order valence-corrected chi connectivity index (χ3v) is 5.64. The minimum atomic E-state index is -4.65. The van der Waals surface area contributed by atoms with E-state index in [0.717, 1.165) is 23.1 Å². The third kappa shape index (κ3) is 4.20. The predicted molar refractivity (Wildman–Crippen MR) is 100 cm³/mol. The van der Waals surface area contributed by atoms with Crippen LogP contribution in [-0.4, -0.2) is 54.9 Å². The van der Waals surface area contributed by atoms with Crippen LogP contribution in [0.3, 0.4) is 0 Å². The molecule has 2 aliphatic rings. The number of alkyl halides is 5. The number of amides is 1. The lowest BCUT2D eigenvalue weighted by atomic mass is 9.89. The molecule has 0 unspecified atom stereocenters. The number of carbonyl (C=O) groups excluding carboxylic acids is 1. The number of hydrogen-bond donors (Lipinski definition) is 2. The molecule has 2 aliphatic heterocycles. The summed E-state index contributed by atoms with van der Waals surface area (Å²) in [7, 11) is 0. The largest absolute Gasteiger partial charge is 0.449 e. The summed E-state index contributed by atoms with van der Waals surface area (Å²) in [5, 5.41) is 12.6. The van der Waals surface area contributed by atoms with Gasteiger partial charge < -0.3 is 24.5 Å². The first-order valence-electron chi connectivity index (χ1n) is 9.76. The van der Waals surface area contributed by atoms with Gasteiger partial charge in [-0.1, -0.05) is 0 Å². The average molecular weight is 448 g/mol. The van der Waals surface area contributed by atoms with Crippen LogP contribution in [0.2, 0.25) is 0 Å². The molecule has 0 saturated carbocycles. The fourth-order valence-electron chi connectivity index (χ4n) is 3.99. The highest BCUT2D eigenvalue weighted by Crippen LogP contribution is 2.41. The minimum Gasteiger partial charge on any atom is -0.449 e. The van der Waals surface area contributed by atoms with Gasteiger partial charge in [-0.15, -0.1) is 0 Å². The van der Waals surface area contributed by atoms with Gasteiger partial charge >= 0.3 is 6.18 Å². The van der Waals surface area contributed by atoms with Crippen LogP contribution in [0.15, 0.2) is 22.6 Å². The van der Waals surface area contributed by atoms with Crippen LogP contribution < -0.4 is 10.2 Å². The van der Waals surface area contributed by atoms with Gasteiger partial charge in [0, 0.05) is 31.5 Å². The Hall–Kier alpha value is -2.40. The summed E-state index contributed by atoms with van der Waals surface area (Å²) in [5.41, 5.74) is -2.41. The standard InChI is InChI=1S/C20H21F5N2O4/c1-18(29)4-7-30-14(9-18)19(21,22)10-27-6-5-26-17(28)16-15(27)12-8-11(20(23,24)25)2-3-13(12)31-16/h2-3,8,14,29H,4-7,9-10H2,1H3,(H,26,28)/t14-,18+/m0/s1. The number of benzene rings is 1. The Labute approximate surface area is 173 Å². The molecule has 0 aliphatic carbocycles. The van der Waals surface area contributed by atoms with Crippen LogP contribution in [0.4, 0.5) is 27.6 Å². The van der Waals surface area contributed by atoms with Gasteiger partial charge in [-0.2, -0.15) is 13.2 Å². The Balaban J connectivity index is 1.74. The van der Waals surface area contributed by atoms with Gasteiger partial charge in [0.1, 0.15) is 11.7 Å². The van der Waals surface area contributed by atoms with E-state index < -0.39 is 41.8 Å². The monoisotopic (exact) mass is 448 g/mol. The van der Waals surface area contributed by atoms with Crippen LogP contribution in [0, 0.1) is 0 Å². The van der Waals surface area contributed by atoms with E-state index in [0.29, 0.717) is 0 Å². The van der Waals surface area contributed by atoms with E-state index in [1.54, 1.807) is 0 Å². The summed E-state index contributed by atoms with van der Waals surface area (Å²) >= 11 is 0. The Morgan fingerprint density at radius 1 is 1.29 bits per heavy atom. The molecule has 6 nitrogen and oxygen atoms in total. The third-order valence-electron chi connectivity index (χ3n) is 5.64. The highest BCUT2D eigenvalue weighted by Gasteiger charge is 2.48. The second kappa shape index (κ2) is 7.33. The topological polar surface area (TPSA) is 74.9 Å². The normalized spacial score (nSPS) is 25.3. The van der Waals surface area contributed by atoms with Crippen LogP contribution in [0.25, 0.3) is 11.0 Å². The molecule has 0 spiro atoms. The molecule has 0 radical (unpaired) electrons.